The van der Waals surface area contributed by atoms with E-state index in [9.17, 15) is 8.42 Å². The summed E-state index contributed by atoms with van der Waals surface area (Å²) in [6, 6.07) is 0.507. The molecule has 2 N–H and O–H groups in total. The number of likely N-dealkylation sites (tertiary alicyclic amines) is 1. The minimum atomic E-state index is -2.87. The Hall–Kier alpha value is -0.820. The summed E-state index contributed by atoms with van der Waals surface area (Å²) in [5.74, 6) is 1.91. The largest absolute Gasteiger partial charge is 0.355 e. The van der Waals surface area contributed by atoms with Crippen LogP contribution in [0.1, 0.15) is 46.0 Å². The maximum Gasteiger partial charge on any atom is 0.191 e. The average Bonchev–Trinajstić information content (AvgIpc) is 3.19. The van der Waals surface area contributed by atoms with Crippen LogP contribution in [0.2, 0.25) is 0 Å². The Morgan fingerprint density at radius 3 is 2.42 bits per heavy atom. The van der Waals surface area contributed by atoms with E-state index in [1.807, 2.05) is 0 Å². The van der Waals surface area contributed by atoms with Gasteiger partial charge in [0.15, 0.2) is 15.8 Å². The highest BCUT2D eigenvalue weighted by molar-refractivity contribution is 7.91. The minimum absolute atomic E-state index is 0.0143. The summed E-state index contributed by atoms with van der Waals surface area (Å²) >= 11 is 0. The van der Waals surface area contributed by atoms with Crippen LogP contribution in [0.15, 0.2) is 4.99 Å². The predicted molar refractivity (Wildman–Crippen MR) is 100 cm³/mol. The van der Waals surface area contributed by atoms with Crippen molar-refractivity contribution in [3.63, 3.8) is 0 Å². The van der Waals surface area contributed by atoms with Gasteiger partial charge in [-0.15, -0.1) is 0 Å². The number of nitrogens with zero attached hydrogens (tertiary/aromatic N) is 2. The maximum atomic E-state index is 11.6. The smallest absolute Gasteiger partial charge is 0.191 e. The molecule has 0 spiro atoms. The van der Waals surface area contributed by atoms with Crippen molar-refractivity contribution < 1.29 is 8.42 Å². The molecule has 0 aromatic heterocycles. The molecule has 7 heteroatoms. The molecule has 0 aliphatic carbocycles. The quantitative estimate of drug-likeness (QED) is 0.529. The number of sulfone groups is 1. The third kappa shape index (κ3) is 5.34. The highest BCUT2D eigenvalue weighted by atomic mass is 32.2. The number of rotatable bonds is 7. The van der Waals surface area contributed by atoms with Crippen molar-refractivity contribution in [2.24, 2.45) is 10.9 Å². The second-order valence-corrected chi connectivity index (χ2v) is 9.31. The van der Waals surface area contributed by atoms with E-state index in [1.54, 1.807) is 7.05 Å². The fraction of sp³-hybridized carbons (Fsp3) is 0.941. The molecule has 2 aliphatic rings. The number of guanidine groups is 1. The van der Waals surface area contributed by atoms with E-state index in [1.165, 1.54) is 38.8 Å². The Bertz CT molecular complexity index is 509. The maximum absolute atomic E-state index is 11.6. The zero-order chi connectivity index (χ0) is 17.6. The predicted octanol–water partition coefficient (Wildman–Crippen LogP) is 1.24. The summed E-state index contributed by atoms with van der Waals surface area (Å²) in [7, 11) is -1.12. The van der Waals surface area contributed by atoms with Crippen LogP contribution < -0.4 is 10.6 Å². The summed E-state index contributed by atoms with van der Waals surface area (Å²) in [5.41, 5.74) is 0. The van der Waals surface area contributed by atoms with Crippen LogP contribution in [0.25, 0.3) is 0 Å². The van der Waals surface area contributed by atoms with Gasteiger partial charge in [0.2, 0.25) is 0 Å². The van der Waals surface area contributed by atoms with Crippen molar-refractivity contribution in [3.8, 4) is 0 Å². The van der Waals surface area contributed by atoms with E-state index >= 15 is 0 Å². The molecule has 6 nitrogen and oxygen atoms in total. The van der Waals surface area contributed by atoms with Gasteiger partial charge in [-0.25, -0.2) is 8.42 Å². The zero-order valence-corrected chi connectivity index (χ0v) is 16.2. The normalized spacial score (nSPS) is 26.0. The van der Waals surface area contributed by atoms with Crippen LogP contribution in [0.5, 0.6) is 0 Å². The summed E-state index contributed by atoms with van der Waals surface area (Å²) in [4.78, 5) is 6.90. The SMILES string of the molecule is CCC(CC)C(CNC(=NC)NC1CCS(=O)(=O)C1)N1CCCC1. The lowest BCUT2D eigenvalue weighted by Gasteiger charge is -2.34. The summed E-state index contributed by atoms with van der Waals surface area (Å²) in [6.45, 7) is 7.79. The highest BCUT2D eigenvalue weighted by Gasteiger charge is 2.30. The van der Waals surface area contributed by atoms with Gasteiger partial charge in [-0.3, -0.25) is 9.89 Å². The van der Waals surface area contributed by atoms with Crippen LogP contribution >= 0.6 is 0 Å². The lowest BCUT2D eigenvalue weighted by Crippen LogP contribution is -2.51. The second kappa shape index (κ2) is 9.04. The fourth-order valence-electron chi connectivity index (χ4n) is 4.00. The topological polar surface area (TPSA) is 73.8 Å². The van der Waals surface area contributed by atoms with Crippen molar-refractivity contribution in [3.05, 3.63) is 0 Å². The number of aliphatic imine (C=N–C) groups is 1. The van der Waals surface area contributed by atoms with Gasteiger partial charge in [-0.05, 0) is 38.3 Å². The Morgan fingerprint density at radius 1 is 1.25 bits per heavy atom. The molecule has 2 fully saturated rings. The Kier molecular flexibility index (Phi) is 7.34. The Labute approximate surface area is 147 Å². The van der Waals surface area contributed by atoms with Gasteiger partial charge < -0.3 is 10.6 Å². The van der Waals surface area contributed by atoms with Crippen LogP contribution in [0.4, 0.5) is 0 Å². The first kappa shape index (κ1) is 19.5. The monoisotopic (exact) mass is 358 g/mol. The molecule has 0 aromatic rings. The van der Waals surface area contributed by atoms with Crippen LogP contribution in [-0.2, 0) is 9.84 Å². The molecular weight excluding hydrogens is 324 g/mol. The summed E-state index contributed by atoms with van der Waals surface area (Å²) in [5, 5.41) is 6.74. The van der Waals surface area contributed by atoms with Gasteiger partial charge >= 0.3 is 0 Å². The Balaban J connectivity index is 1.91. The van der Waals surface area contributed by atoms with Crippen LogP contribution in [0.3, 0.4) is 0 Å². The molecule has 2 saturated heterocycles. The van der Waals surface area contributed by atoms with E-state index < -0.39 is 9.84 Å². The Morgan fingerprint density at radius 2 is 1.92 bits per heavy atom. The number of nitrogens with one attached hydrogen (secondary N) is 2. The minimum Gasteiger partial charge on any atom is -0.355 e. The third-order valence-electron chi connectivity index (χ3n) is 5.48. The van der Waals surface area contributed by atoms with E-state index in [2.05, 4.69) is 34.4 Å². The molecule has 2 atom stereocenters. The van der Waals surface area contributed by atoms with Crippen LogP contribution in [-0.4, -0.2) is 69.5 Å². The van der Waals surface area contributed by atoms with Crippen molar-refractivity contribution in [1.82, 2.24) is 15.5 Å². The molecule has 24 heavy (non-hydrogen) atoms. The molecule has 0 saturated carbocycles. The van der Waals surface area contributed by atoms with Crippen molar-refractivity contribution in [2.45, 2.75) is 58.0 Å². The standard InChI is InChI=1S/C17H34N4O2S/c1-4-14(5-2)16(21-9-6-7-10-21)12-19-17(18-3)20-15-8-11-24(22,23)13-15/h14-16H,4-13H2,1-3H3,(H2,18,19,20). The van der Waals surface area contributed by atoms with Gasteiger partial charge in [0.1, 0.15) is 0 Å². The average molecular weight is 359 g/mol. The molecule has 140 valence electrons. The van der Waals surface area contributed by atoms with Crippen molar-refractivity contribution in [1.29, 1.82) is 0 Å². The van der Waals surface area contributed by atoms with E-state index in [0.717, 1.165) is 12.5 Å². The first-order valence-corrected chi connectivity index (χ1v) is 11.2. The molecule has 2 unspecified atom stereocenters. The molecule has 2 heterocycles. The van der Waals surface area contributed by atoms with Crippen molar-refractivity contribution in [2.75, 3.05) is 38.2 Å². The second-order valence-electron chi connectivity index (χ2n) is 7.08. The zero-order valence-electron chi connectivity index (χ0n) is 15.4. The molecular formula is C17H34N4O2S. The molecule has 2 aliphatic heterocycles. The highest BCUT2D eigenvalue weighted by Crippen LogP contribution is 2.22. The van der Waals surface area contributed by atoms with Crippen molar-refractivity contribution >= 4 is 15.8 Å². The van der Waals surface area contributed by atoms with Gasteiger partial charge in [0.25, 0.3) is 0 Å². The van der Waals surface area contributed by atoms with E-state index in [4.69, 9.17) is 0 Å². The molecule has 2 rings (SSSR count). The lowest BCUT2D eigenvalue weighted by molar-refractivity contribution is 0.166. The summed E-state index contributed by atoms with van der Waals surface area (Å²) < 4.78 is 23.2. The van der Waals surface area contributed by atoms with Gasteiger partial charge in [0, 0.05) is 25.7 Å². The first-order valence-electron chi connectivity index (χ1n) is 9.40. The van der Waals surface area contributed by atoms with Gasteiger partial charge in [-0.2, -0.15) is 0 Å². The molecule has 0 amide bonds. The number of hydrogen-bond acceptors (Lipinski definition) is 4. The molecule has 0 bridgehead atoms. The fourth-order valence-corrected chi connectivity index (χ4v) is 5.67. The third-order valence-corrected chi connectivity index (χ3v) is 7.25. The number of hydrogen-bond donors (Lipinski definition) is 2. The molecule has 0 radical (unpaired) electrons. The summed E-state index contributed by atoms with van der Waals surface area (Å²) in [6.07, 6.45) is 5.64. The van der Waals surface area contributed by atoms with Gasteiger partial charge in [0.05, 0.1) is 11.5 Å². The molecule has 0 aromatic carbocycles. The van der Waals surface area contributed by atoms with Gasteiger partial charge in [-0.1, -0.05) is 26.7 Å². The van der Waals surface area contributed by atoms with E-state index in [-0.39, 0.29) is 17.5 Å². The lowest BCUT2D eigenvalue weighted by atomic mass is 9.93. The van der Waals surface area contributed by atoms with Crippen LogP contribution in [0, 0.1) is 5.92 Å². The first-order chi connectivity index (χ1) is 11.5. The van der Waals surface area contributed by atoms with E-state index in [0.29, 0.717) is 18.4 Å².